The summed E-state index contributed by atoms with van der Waals surface area (Å²) in [5.74, 6) is 0. The Bertz CT molecular complexity index is 91.3. The summed E-state index contributed by atoms with van der Waals surface area (Å²) in [6.45, 7) is 31.7. The standard InChI is InChI=1S/3C4H11Si.Ti/c3*1-5(2,3)4;/h3*1H2,2-4H3;/q3*-1;+3. The first-order chi connectivity index (χ1) is 6.00. The van der Waals surface area contributed by atoms with Crippen molar-refractivity contribution in [1.29, 1.82) is 0 Å². The zero-order valence-electron chi connectivity index (χ0n) is 13.1. The predicted molar refractivity (Wildman–Crippen MR) is 86.1 cm³/mol. The average molecular weight is 310 g/mol. The van der Waals surface area contributed by atoms with Gasteiger partial charge in [-0.3, -0.25) is 0 Å². The van der Waals surface area contributed by atoms with Gasteiger partial charge < -0.3 is 19.6 Å². The van der Waals surface area contributed by atoms with Crippen molar-refractivity contribution >= 4 is 24.2 Å². The van der Waals surface area contributed by atoms with Crippen LogP contribution in [0.3, 0.4) is 0 Å². The molecule has 0 aromatic heterocycles. The molecule has 0 nitrogen and oxygen atoms in total. The molecule has 0 amide bonds. The van der Waals surface area contributed by atoms with Crippen LogP contribution in [-0.2, 0) is 21.7 Å². The van der Waals surface area contributed by atoms with Gasteiger partial charge in [-0.25, -0.2) is 0 Å². The summed E-state index contributed by atoms with van der Waals surface area (Å²) >= 11 is 0. The van der Waals surface area contributed by atoms with E-state index in [1.54, 1.807) is 0 Å². The number of hydrogen-bond acceptors (Lipinski definition) is 0. The molecule has 0 rings (SSSR count). The van der Waals surface area contributed by atoms with Gasteiger partial charge in [-0.05, 0) is 0 Å². The van der Waals surface area contributed by atoms with E-state index in [2.05, 4.69) is 78.6 Å². The van der Waals surface area contributed by atoms with E-state index < -0.39 is 24.2 Å². The van der Waals surface area contributed by atoms with Gasteiger partial charge in [0, 0.05) is 0 Å². The fourth-order valence-electron chi connectivity index (χ4n) is 0. The van der Waals surface area contributed by atoms with Gasteiger partial charge >= 0.3 is 21.7 Å². The third kappa shape index (κ3) is 1700. The SMILES string of the molecule is [CH2-][Si](C)(C)C.[CH2-][Si](C)(C)C.[CH2-][Si](C)(C)C.[Ti+3]. The fourth-order valence-corrected chi connectivity index (χ4v) is 0. The molecule has 0 aliphatic heterocycles. The van der Waals surface area contributed by atoms with Crippen molar-refractivity contribution < 1.29 is 21.7 Å². The summed E-state index contributed by atoms with van der Waals surface area (Å²) in [5.41, 5.74) is 0. The summed E-state index contributed by atoms with van der Waals surface area (Å²) in [4.78, 5) is 0. The summed E-state index contributed by atoms with van der Waals surface area (Å²) in [6.07, 6.45) is 0. The average Bonchev–Trinajstić information content (AvgIpc) is 1.41. The molecule has 0 saturated heterocycles. The molecule has 0 unspecified atom stereocenters. The van der Waals surface area contributed by atoms with Crippen LogP contribution in [0.1, 0.15) is 0 Å². The molecule has 0 fully saturated rings. The van der Waals surface area contributed by atoms with Crippen molar-refractivity contribution in [3.05, 3.63) is 19.6 Å². The summed E-state index contributed by atoms with van der Waals surface area (Å²) in [5, 5.41) is 0. The van der Waals surface area contributed by atoms with Gasteiger partial charge in [0.25, 0.3) is 0 Å². The van der Waals surface area contributed by atoms with E-state index in [1.807, 2.05) is 0 Å². The second kappa shape index (κ2) is 10.3. The van der Waals surface area contributed by atoms with E-state index in [-0.39, 0.29) is 21.7 Å². The largest absolute Gasteiger partial charge is 3.00 e. The van der Waals surface area contributed by atoms with Gasteiger partial charge in [-0.15, -0.1) is 24.2 Å². The number of rotatable bonds is 0. The third-order valence-electron chi connectivity index (χ3n) is 0. The van der Waals surface area contributed by atoms with Crippen LogP contribution in [0, 0.1) is 19.6 Å². The van der Waals surface area contributed by atoms with Crippen molar-refractivity contribution in [2.45, 2.75) is 58.9 Å². The minimum atomic E-state index is -0.861. The Morgan fingerprint density at radius 2 is 0.438 bits per heavy atom. The smallest absolute Gasteiger partial charge is 0.342 e. The second-order valence-corrected chi connectivity index (χ2v) is 23.0. The van der Waals surface area contributed by atoms with Gasteiger partial charge in [-0.1, -0.05) is 58.9 Å². The quantitative estimate of drug-likeness (QED) is 0.432. The minimum absolute atomic E-state index is 0. The van der Waals surface area contributed by atoms with Crippen molar-refractivity contribution in [2.75, 3.05) is 0 Å². The molecule has 16 heavy (non-hydrogen) atoms. The second-order valence-electron chi connectivity index (χ2n) is 7.68. The van der Waals surface area contributed by atoms with Crippen molar-refractivity contribution in [3.63, 3.8) is 0 Å². The zero-order valence-corrected chi connectivity index (χ0v) is 17.7. The van der Waals surface area contributed by atoms with Crippen LogP contribution >= 0.6 is 0 Å². The molecule has 0 aromatic carbocycles. The molecule has 0 N–H and O–H groups in total. The van der Waals surface area contributed by atoms with Crippen molar-refractivity contribution in [2.24, 2.45) is 0 Å². The molecule has 0 heterocycles. The summed E-state index contributed by atoms with van der Waals surface area (Å²) in [6, 6.07) is 0. The van der Waals surface area contributed by atoms with Gasteiger partial charge in [0.15, 0.2) is 0 Å². The van der Waals surface area contributed by atoms with E-state index in [1.165, 1.54) is 0 Å². The van der Waals surface area contributed by atoms with Gasteiger partial charge in [0.2, 0.25) is 0 Å². The van der Waals surface area contributed by atoms with Crippen LogP contribution in [0.25, 0.3) is 0 Å². The van der Waals surface area contributed by atoms with Crippen LogP contribution in [0.15, 0.2) is 0 Å². The van der Waals surface area contributed by atoms with E-state index >= 15 is 0 Å². The first-order valence-corrected chi connectivity index (χ1v) is 16.7. The zero-order chi connectivity index (χ0) is 13.5. The molecule has 0 aliphatic rings. The Labute approximate surface area is 124 Å². The summed E-state index contributed by atoms with van der Waals surface area (Å²) in [7, 11) is -2.58. The molecule has 0 bridgehead atoms. The summed E-state index contributed by atoms with van der Waals surface area (Å²) < 4.78 is 0. The maximum absolute atomic E-state index is 3.91. The van der Waals surface area contributed by atoms with Gasteiger partial charge in [0.05, 0.1) is 0 Å². The molecular weight excluding hydrogens is 276 g/mol. The van der Waals surface area contributed by atoms with E-state index in [0.29, 0.717) is 0 Å². The van der Waals surface area contributed by atoms with Gasteiger partial charge in [-0.2, -0.15) is 0 Å². The van der Waals surface area contributed by atoms with Crippen molar-refractivity contribution in [3.8, 4) is 0 Å². The Kier molecular flexibility index (Phi) is 16.8. The normalized spacial score (nSPS) is 11.2. The fraction of sp³-hybridized carbons (Fsp3) is 0.750. The molecule has 0 aliphatic carbocycles. The van der Waals surface area contributed by atoms with Crippen LogP contribution in [0.4, 0.5) is 0 Å². The molecule has 1 radical (unpaired) electrons. The topological polar surface area (TPSA) is 0 Å². The molecule has 0 spiro atoms. The first-order valence-electron chi connectivity index (χ1n) is 5.56. The van der Waals surface area contributed by atoms with Crippen LogP contribution in [0.2, 0.25) is 58.9 Å². The maximum atomic E-state index is 3.91. The monoisotopic (exact) mass is 309 g/mol. The maximum Gasteiger partial charge on any atom is 3.00 e. The predicted octanol–water partition coefficient (Wildman–Crippen LogP) is 5.09. The molecule has 97 valence electrons. The Balaban J connectivity index is -0.0000000655. The Morgan fingerprint density at radius 3 is 0.438 bits per heavy atom. The van der Waals surface area contributed by atoms with Crippen LogP contribution in [0.5, 0.6) is 0 Å². The molecule has 0 atom stereocenters. The van der Waals surface area contributed by atoms with E-state index in [4.69, 9.17) is 0 Å². The minimum Gasteiger partial charge on any atom is -0.342 e. The van der Waals surface area contributed by atoms with Gasteiger partial charge in [0.1, 0.15) is 0 Å². The molecule has 0 saturated carbocycles. The van der Waals surface area contributed by atoms with E-state index in [9.17, 15) is 0 Å². The van der Waals surface area contributed by atoms with Crippen LogP contribution < -0.4 is 0 Å². The van der Waals surface area contributed by atoms with Crippen molar-refractivity contribution in [1.82, 2.24) is 0 Å². The number of hydrogen-bond donors (Lipinski definition) is 0. The molecular formula is C12H33Si3Ti. The third-order valence-corrected chi connectivity index (χ3v) is 0. The Morgan fingerprint density at radius 1 is 0.438 bits per heavy atom. The first kappa shape index (κ1) is 26.0. The molecule has 4 heteroatoms. The molecule has 0 aromatic rings. The van der Waals surface area contributed by atoms with E-state index in [0.717, 1.165) is 0 Å². The van der Waals surface area contributed by atoms with Crippen LogP contribution in [-0.4, -0.2) is 24.2 Å². The Hall–Kier alpha value is 1.36.